The van der Waals surface area contributed by atoms with E-state index in [1.54, 1.807) is 30.6 Å². The molecule has 10 heteroatoms. The van der Waals surface area contributed by atoms with Crippen LogP contribution in [0.2, 0.25) is 0 Å². The summed E-state index contributed by atoms with van der Waals surface area (Å²) in [6.07, 6.45) is 10.3. The molecular formula is C24H26N6O3S. The first-order chi connectivity index (χ1) is 16.4. The van der Waals surface area contributed by atoms with Gasteiger partial charge >= 0.3 is 0 Å². The fraction of sp³-hybridized carbons (Fsp3) is 0.292. The first-order valence-electron chi connectivity index (χ1n) is 11.1. The Kier molecular flexibility index (Phi) is 5.82. The predicted molar refractivity (Wildman–Crippen MR) is 132 cm³/mol. The Morgan fingerprint density at radius 1 is 1.03 bits per heavy atom. The van der Waals surface area contributed by atoms with Crippen LogP contribution in [-0.2, 0) is 9.84 Å². The van der Waals surface area contributed by atoms with Crippen LogP contribution in [0.4, 0.5) is 11.6 Å². The van der Waals surface area contributed by atoms with E-state index in [2.05, 4.69) is 20.4 Å². The van der Waals surface area contributed by atoms with Gasteiger partial charge in [-0.3, -0.25) is 5.01 Å². The average molecular weight is 479 g/mol. The van der Waals surface area contributed by atoms with Crippen LogP contribution in [0.3, 0.4) is 0 Å². The molecule has 5 rings (SSSR count). The van der Waals surface area contributed by atoms with E-state index in [1.807, 2.05) is 29.2 Å². The van der Waals surface area contributed by atoms with Gasteiger partial charge in [0.1, 0.15) is 5.75 Å². The molecule has 0 saturated carbocycles. The molecule has 0 unspecified atom stereocenters. The van der Waals surface area contributed by atoms with Gasteiger partial charge in [-0.05, 0) is 37.5 Å². The molecule has 0 spiro atoms. The van der Waals surface area contributed by atoms with E-state index < -0.39 is 9.84 Å². The Hall–Kier alpha value is -3.66. The van der Waals surface area contributed by atoms with Gasteiger partial charge in [-0.2, -0.15) is 9.89 Å². The Labute approximate surface area is 198 Å². The Morgan fingerprint density at radius 3 is 2.62 bits per heavy atom. The van der Waals surface area contributed by atoms with Crippen LogP contribution in [-0.4, -0.2) is 54.7 Å². The van der Waals surface area contributed by atoms with E-state index in [0.29, 0.717) is 11.7 Å². The molecule has 34 heavy (non-hydrogen) atoms. The third-order valence-electron chi connectivity index (χ3n) is 5.95. The lowest BCUT2D eigenvalue weighted by atomic mass is 10.0. The van der Waals surface area contributed by atoms with Crippen LogP contribution >= 0.6 is 0 Å². The maximum absolute atomic E-state index is 12.0. The maximum Gasteiger partial charge on any atom is 0.227 e. The van der Waals surface area contributed by atoms with Crippen molar-refractivity contribution >= 4 is 32.4 Å². The van der Waals surface area contributed by atoms with Crippen LogP contribution in [0.5, 0.6) is 5.75 Å². The summed E-state index contributed by atoms with van der Waals surface area (Å²) in [7, 11) is -1.83. The lowest BCUT2D eigenvalue weighted by molar-refractivity contribution is 0.415. The van der Waals surface area contributed by atoms with E-state index in [0.717, 1.165) is 40.8 Å². The second-order valence-electron chi connectivity index (χ2n) is 8.36. The first kappa shape index (κ1) is 22.1. The lowest BCUT2D eigenvalue weighted by Gasteiger charge is -2.27. The molecule has 3 heterocycles. The molecule has 1 aliphatic rings. The largest absolute Gasteiger partial charge is 0.496 e. The van der Waals surface area contributed by atoms with Gasteiger partial charge in [-0.25, -0.2) is 18.4 Å². The number of nitrogens with one attached hydrogen (secondary N) is 1. The lowest BCUT2D eigenvalue weighted by Crippen LogP contribution is -2.39. The zero-order valence-electron chi connectivity index (χ0n) is 19.1. The van der Waals surface area contributed by atoms with Gasteiger partial charge in [-0.15, -0.1) is 0 Å². The van der Waals surface area contributed by atoms with Gasteiger partial charge < -0.3 is 10.1 Å². The topological polar surface area (TPSA) is 102 Å². The minimum absolute atomic E-state index is 0.205. The molecule has 2 aromatic heterocycles. The summed E-state index contributed by atoms with van der Waals surface area (Å²) < 4.78 is 29.5. The van der Waals surface area contributed by atoms with Gasteiger partial charge in [0, 0.05) is 42.1 Å². The maximum atomic E-state index is 12.0. The molecule has 0 amide bonds. The number of aromatic nitrogens is 4. The monoisotopic (exact) mass is 478 g/mol. The highest BCUT2D eigenvalue weighted by molar-refractivity contribution is 7.90. The molecule has 1 aliphatic heterocycles. The molecule has 9 nitrogen and oxygen atoms in total. The molecule has 0 bridgehead atoms. The third-order valence-corrected chi connectivity index (χ3v) is 7.06. The third kappa shape index (κ3) is 4.41. The van der Waals surface area contributed by atoms with Gasteiger partial charge in [0.05, 0.1) is 35.6 Å². The number of benzene rings is 2. The van der Waals surface area contributed by atoms with Crippen molar-refractivity contribution < 1.29 is 13.2 Å². The van der Waals surface area contributed by atoms with Crippen molar-refractivity contribution in [1.82, 2.24) is 19.9 Å². The van der Waals surface area contributed by atoms with E-state index in [9.17, 15) is 8.42 Å². The van der Waals surface area contributed by atoms with Crippen LogP contribution in [0.15, 0.2) is 59.9 Å². The molecule has 0 radical (unpaired) electrons. The first-order valence-corrected chi connectivity index (χ1v) is 13.0. The smallest absolute Gasteiger partial charge is 0.227 e. The highest BCUT2D eigenvalue weighted by Gasteiger charge is 2.16. The summed E-state index contributed by atoms with van der Waals surface area (Å²) >= 11 is 0. The van der Waals surface area contributed by atoms with Gasteiger partial charge in [0.25, 0.3) is 0 Å². The van der Waals surface area contributed by atoms with E-state index in [1.165, 1.54) is 32.6 Å². The zero-order valence-corrected chi connectivity index (χ0v) is 19.9. The van der Waals surface area contributed by atoms with Crippen LogP contribution in [0, 0.1) is 0 Å². The number of ether oxygens (including phenoxy) is 1. The Morgan fingerprint density at radius 2 is 1.85 bits per heavy atom. The van der Waals surface area contributed by atoms with Gasteiger partial charge in [0.2, 0.25) is 5.95 Å². The molecule has 1 saturated heterocycles. The van der Waals surface area contributed by atoms with Crippen LogP contribution in [0.25, 0.3) is 22.0 Å². The molecule has 176 valence electrons. The molecule has 1 fully saturated rings. The van der Waals surface area contributed by atoms with E-state index in [-0.39, 0.29) is 4.90 Å². The van der Waals surface area contributed by atoms with E-state index in [4.69, 9.17) is 9.72 Å². The summed E-state index contributed by atoms with van der Waals surface area (Å²) in [5, 5.41) is 10.8. The highest BCUT2D eigenvalue weighted by Crippen LogP contribution is 2.36. The SMILES string of the molecule is COc1cc(S(C)(=O)=O)ccc1-c1cccc2cnc(Nc3cnn(N4CCCCC4)c3)nc12. The van der Waals surface area contributed by atoms with Crippen molar-refractivity contribution in [1.29, 1.82) is 0 Å². The summed E-state index contributed by atoms with van der Waals surface area (Å²) in [6, 6.07) is 10.7. The number of anilines is 2. The normalized spacial score (nSPS) is 14.4. The average Bonchev–Trinajstić information content (AvgIpc) is 3.32. The van der Waals surface area contributed by atoms with Gasteiger partial charge in [-0.1, -0.05) is 18.2 Å². The number of hydrogen-bond acceptors (Lipinski definition) is 8. The summed E-state index contributed by atoms with van der Waals surface area (Å²) in [5.74, 6) is 0.913. The standard InChI is InChI=1S/C24H26N6O3S/c1-33-22-13-19(34(2,31)32)9-10-20(22)21-8-6-7-17-14-25-24(28-23(17)21)27-18-15-26-30(16-18)29-11-4-3-5-12-29/h6-10,13-16H,3-5,11-12H2,1-2H3,(H,25,27,28). The summed E-state index contributed by atoms with van der Waals surface area (Å²) in [5.41, 5.74) is 3.11. The van der Waals surface area contributed by atoms with Crippen molar-refractivity contribution in [2.24, 2.45) is 0 Å². The minimum Gasteiger partial charge on any atom is -0.496 e. The Bertz CT molecular complexity index is 1440. The molecular weight excluding hydrogens is 452 g/mol. The zero-order chi connectivity index (χ0) is 23.7. The number of para-hydroxylation sites is 1. The molecule has 1 N–H and O–H groups in total. The van der Waals surface area contributed by atoms with Crippen molar-refractivity contribution in [2.75, 3.05) is 36.8 Å². The predicted octanol–water partition coefficient (Wildman–Crippen LogP) is 3.77. The molecule has 4 aromatic rings. The van der Waals surface area contributed by atoms with Crippen molar-refractivity contribution in [3.8, 4) is 16.9 Å². The number of hydrogen-bond donors (Lipinski definition) is 1. The number of nitrogens with zero attached hydrogens (tertiary/aromatic N) is 5. The fourth-order valence-corrected chi connectivity index (χ4v) is 4.84. The van der Waals surface area contributed by atoms with Gasteiger partial charge in [0.15, 0.2) is 9.84 Å². The van der Waals surface area contributed by atoms with Crippen LogP contribution < -0.4 is 15.1 Å². The number of fused-ring (bicyclic) bond motifs is 1. The fourth-order valence-electron chi connectivity index (χ4n) is 4.20. The van der Waals surface area contributed by atoms with E-state index >= 15 is 0 Å². The number of sulfone groups is 1. The molecule has 0 aliphatic carbocycles. The van der Waals surface area contributed by atoms with Crippen LogP contribution in [0.1, 0.15) is 19.3 Å². The quantitative estimate of drug-likeness (QED) is 0.447. The molecule has 2 aromatic carbocycles. The molecule has 0 atom stereocenters. The second kappa shape index (κ2) is 8.94. The van der Waals surface area contributed by atoms with Crippen molar-refractivity contribution in [2.45, 2.75) is 24.2 Å². The minimum atomic E-state index is -3.35. The summed E-state index contributed by atoms with van der Waals surface area (Å²) in [4.78, 5) is 11.3. The highest BCUT2D eigenvalue weighted by atomic mass is 32.2. The number of piperidine rings is 1. The van der Waals surface area contributed by atoms with Crippen molar-refractivity contribution in [3.63, 3.8) is 0 Å². The summed E-state index contributed by atoms with van der Waals surface area (Å²) in [6.45, 7) is 1.99. The number of methoxy groups -OCH3 is 1. The van der Waals surface area contributed by atoms with Crippen molar-refractivity contribution in [3.05, 3.63) is 55.0 Å². The second-order valence-corrected chi connectivity index (χ2v) is 10.4. The number of rotatable bonds is 6. The Balaban J connectivity index is 1.49.